The van der Waals surface area contributed by atoms with Crippen molar-refractivity contribution in [3.63, 3.8) is 0 Å². The van der Waals surface area contributed by atoms with Gasteiger partial charge in [-0.25, -0.2) is 0 Å². The Morgan fingerprint density at radius 3 is 2.31 bits per heavy atom. The second kappa shape index (κ2) is 5.99. The van der Waals surface area contributed by atoms with Gasteiger partial charge in [0.2, 0.25) is 0 Å². The summed E-state index contributed by atoms with van der Waals surface area (Å²) in [5.41, 5.74) is 0. The SMILES string of the molecule is OCC1CCCC1CNC1CCC(O)CC1. The zero-order chi connectivity index (χ0) is 11.4. The zero-order valence-electron chi connectivity index (χ0n) is 10.1. The van der Waals surface area contributed by atoms with Crippen LogP contribution in [0.3, 0.4) is 0 Å². The molecule has 2 atom stereocenters. The number of hydrogen-bond acceptors (Lipinski definition) is 3. The highest BCUT2D eigenvalue weighted by Gasteiger charge is 2.27. The minimum Gasteiger partial charge on any atom is -0.396 e. The van der Waals surface area contributed by atoms with Crippen molar-refractivity contribution < 1.29 is 10.2 Å². The van der Waals surface area contributed by atoms with Gasteiger partial charge in [-0.1, -0.05) is 6.42 Å². The summed E-state index contributed by atoms with van der Waals surface area (Å²) >= 11 is 0. The van der Waals surface area contributed by atoms with E-state index in [0.29, 0.717) is 24.5 Å². The van der Waals surface area contributed by atoms with Gasteiger partial charge in [-0.3, -0.25) is 0 Å². The van der Waals surface area contributed by atoms with Crippen molar-refractivity contribution >= 4 is 0 Å². The Kier molecular flexibility index (Phi) is 4.62. The van der Waals surface area contributed by atoms with Crippen LogP contribution in [0.5, 0.6) is 0 Å². The van der Waals surface area contributed by atoms with Crippen LogP contribution >= 0.6 is 0 Å². The van der Waals surface area contributed by atoms with Gasteiger partial charge in [0.05, 0.1) is 6.10 Å². The fourth-order valence-electron chi connectivity index (χ4n) is 3.22. The zero-order valence-corrected chi connectivity index (χ0v) is 10.1. The Labute approximate surface area is 98.2 Å². The molecule has 2 saturated carbocycles. The van der Waals surface area contributed by atoms with Crippen LogP contribution in [-0.4, -0.2) is 35.5 Å². The Bertz CT molecular complexity index is 202. The van der Waals surface area contributed by atoms with E-state index in [4.69, 9.17) is 0 Å². The second-order valence-electron chi connectivity index (χ2n) is 5.55. The third kappa shape index (κ3) is 3.19. The molecule has 3 N–H and O–H groups in total. The first kappa shape index (κ1) is 12.3. The predicted molar refractivity (Wildman–Crippen MR) is 64.2 cm³/mol. The molecule has 0 aliphatic heterocycles. The summed E-state index contributed by atoms with van der Waals surface area (Å²) in [5, 5.41) is 22.3. The van der Waals surface area contributed by atoms with Crippen molar-refractivity contribution in [2.45, 2.75) is 57.1 Å². The average molecular weight is 227 g/mol. The smallest absolute Gasteiger partial charge is 0.0541 e. The molecule has 2 fully saturated rings. The van der Waals surface area contributed by atoms with Crippen molar-refractivity contribution in [3.05, 3.63) is 0 Å². The first-order chi connectivity index (χ1) is 7.79. The van der Waals surface area contributed by atoms with E-state index in [9.17, 15) is 10.2 Å². The molecule has 16 heavy (non-hydrogen) atoms. The molecule has 2 aliphatic carbocycles. The topological polar surface area (TPSA) is 52.5 Å². The van der Waals surface area contributed by atoms with Gasteiger partial charge in [0.1, 0.15) is 0 Å². The fraction of sp³-hybridized carbons (Fsp3) is 1.00. The number of rotatable bonds is 4. The Balaban J connectivity index is 1.67. The molecule has 0 spiro atoms. The van der Waals surface area contributed by atoms with Crippen LogP contribution in [0.2, 0.25) is 0 Å². The van der Waals surface area contributed by atoms with Crippen LogP contribution in [0.15, 0.2) is 0 Å². The van der Waals surface area contributed by atoms with E-state index in [-0.39, 0.29) is 6.10 Å². The van der Waals surface area contributed by atoms with Gasteiger partial charge < -0.3 is 15.5 Å². The van der Waals surface area contributed by atoms with Crippen LogP contribution in [-0.2, 0) is 0 Å². The maximum absolute atomic E-state index is 9.43. The largest absolute Gasteiger partial charge is 0.396 e. The highest BCUT2D eigenvalue weighted by Crippen LogP contribution is 2.31. The minimum absolute atomic E-state index is 0.0604. The van der Waals surface area contributed by atoms with E-state index >= 15 is 0 Å². The van der Waals surface area contributed by atoms with Crippen LogP contribution in [0.4, 0.5) is 0 Å². The lowest BCUT2D eigenvalue weighted by Gasteiger charge is -2.28. The van der Waals surface area contributed by atoms with Crippen LogP contribution in [0.25, 0.3) is 0 Å². The number of nitrogens with one attached hydrogen (secondary N) is 1. The van der Waals surface area contributed by atoms with E-state index in [1.165, 1.54) is 19.3 Å². The molecule has 0 amide bonds. The van der Waals surface area contributed by atoms with Gasteiger partial charge in [0.15, 0.2) is 0 Å². The molecule has 3 nitrogen and oxygen atoms in total. The molecule has 2 rings (SSSR count). The minimum atomic E-state index is -0.0604. The summed E-state index contributed by atoms with van der Waals surface area (Å²) in [5.74, 6) is 1.21. The van der Waals surface area contributed by atoms with Crippen molar-refractivity contribution in [1.82, 2.24) is 5.32 Å². The first-order valence-corrected chi connectivity index (χ1v) is 6.82. The molecule has 94 valence electrons. The lowest BCUT2D eigenvalue weighted by molar-refractivity contribution is 0.114. The van der Waals surface area contributed by atoms with Gasteiger partial charge in [-0.15, -0.1) is 0 Å². The van der Waals surface area contributed by atoms with Gasteiger partial charge >= 0.3 is 0 Å². The maximum Gasteiger partial charge on any atom is 0.0541 e. The molecular weight excluding hydrogens is 202 g/mol. The molecule has 0 radical (unpaired) electrons. The van der Waals surface area contributed by atoms with Gasteiger partial charge in [0.25, 0.3) is 0 Å². The Morgan fingerprint density at radius 1 is 0.938 bits per heavy atom. The highest BCUT2D eigenvalue weighted by atomic mass is 16.3. The standard InChI is InChI=1S/C13H25NO2/c15-9-11-3-1-2-10(11)8-14-12-4-6-13(16)7-5-12/h10-16H,1-9H2. The number of aliphatic hydroxyl groups excluding tert-OH is 2. The monoisotopic (exact) mass is 227 g/mol. The molecule has 3 heteroatoms. The third-order valence-electron chi connectivity index (χ3n) is 4.42. The molecule has 0 aromatic carbocycles. The fourth-order valence-corrected chi connectivity index (χ4v) is 3.22. The summed E-state index contributed by atoms with van der Waals surface area (Å²) in [6, 6.07) is 0.600. The Morgan fingerprint density at radius 2 is 1.62 bits per heavy atom. The molecular formula is C13H25NO2. The van der Waals surface area contributed by atoms with Crippen molar-refractivity contribution in [2.24, 2.45) is 11.8 Å². The summed E-state index contributed by atoms with van der Waals surface area (Å²) in [6.45, 7) is 1.42. The Hall–Kier alpha value is -0.120. The molecule has 2 aliphatic rings. The van der Waals surface area contributed by atoms with Crippen molar-refractivity contribution in [1.29, 1.82) is 0 Å². The molecule has 0 aromatic rings. The summed E-state index contributed by atoms with van der Waals surface area (Å²) in [7, 11) is 0. The van der Waals surface area contributed by atoms with E-state index in [0.717, 1.165) is 32.2 Å². The lowest BCUT2D eigenvalue weighted by atomic mass is 9.91. The second-order valence-corrected chi connectivity index (χ2v) is 5.55. The summed E-state index contributed by atoms with van der Waals surface area (Å²) in [4.78, 5) is 0. The van der Waals surface area contributed by atoms with Crippen LogP contribution in [0.1, 0.15) is 44.9 Å². The normalized spacial score (nSPS) is 40.1. The molecule has 0 aromatic heterocycles. The number of aliphatic hydroxyl groups is 2. The summed E-state index contributed by atoms with van der Waals surface area (Å²) < 4.78 is 0. The van der Waals surface area contributed by atoms with E-state index in [1.54, 1.807) is 0 Å². The van der Waals surface area contributed by atoms with E-state index < -0.39 is 0 Å². The van der Waals surface area contributed by atoms with Gasteiger partial charge in [-0.05, 0) is 56.9 Å². The van der Waals surface area contributed by atoms with Crippen LogP contribution in [0, 0.1) is 11.8 Å². The molecule has 2 unspecified atom stereocenters. The molecule has 0 saturated heterocycles. The lowest BCUT2D eigenvalue weighted by Crippen LogP contribution is -2.38. The first-order valence-electron chi connectivity index (χ1n) is 6.82. The quantitative estimate of drug-likeness (QED) is 0.678. The van der Waals surface area contributed by atoms with E-state index in [1.807, 2.05) is 0 Å². The average Bonchev–Trinajstić information content (AvgIpc) is 2.76. The van der Waals surface area contributed by atoms with Crippen molar-refractivity contribution in [3.8, 4) is 0 Å². The van der Waals surface area contributed by atoms with Crippen molar-refractivity contribution in [2.75, 3.05) is 13.2 Å². The predicted octanol–water partition coefficient (Wildman–Crippen LogP) is 1.29. The van der Waals surface area contributed by atoms with Gasteiger partial charge in [0, 0.05) is 12.6 Å². The molecule has 0 bridgehead atoms. The summed E-state index contributed by atoms with van der Waals surface area (Å²) in [6.07, 6.45) is 7.81. The highest BCUT2D eigenvalue weighted by molar-refractivity contribution is 4.82. The van der Waals surface area contributed by atoms with Gasteiger partial charge in [-0.2, -0.15) is 0 Å². The number of hydrogen-bond donors (Lipinski definition) is 3. The van der Waals surface area contributed by atoms with E-state index in [2.05, 4.69) is 5.32 Å². The third-order valence-corrected chi connectivity index (χ3v) is 4.42. The van der Waals surface area contributed by atoms with Crippen LogP contribution < -0.4 is 5.32 Å². The molecule has 0 heterocycles. The maximum atomic E-state index is 9.43.